The third-order valence-corrected chi connectivity index (χ3v) is 5.60. The van der Waals surface area contributed by atoms with Crippen molar-refractivity contribution in [1.29, 1.82) is 0 Å². The summed E-state index contributed by atoms with van der Waals surface area (Å²) in [6, 6.07) is 8.17. The fourth-order valence-electron chi connectivity index (χ4n) is 3.83. The minimum atomic E-state index is 0.207. The normalized spacial score (nSPS) is 21.3. The van der Waals surface area contributed by atoms with Crippen LogP contribution in [0.5, 0.6) is 0 Å². The summed E-state index contributed by atoms with van der Waals surface area (Å²) in [5.41, 5.74) is 2.64. The molecule has 0 unspecified atom stereocenters. The van der Waals surface area contributed by atoms with Crippen molar-refractivity contribution in [2.45, 2.75) is 45.4 Å². The Hall–Kier alpha value is -1.35. The molecule has 2 aliphatic rings. The summed E-state index contributed by atoms with van der Waals surface area (Å²) in [5, 5.41) is 3.45. The molecule has 2 fully saturated rings. The monoisotopic (exact) mass is 300 g/mol. The molecule has 1 N–H and O–H groups in total. The number of piperidine rings is 2. The highest BCUT2D eigenvalue weighted by Gasteiger charge is 2.36. The number of hydrogen-bond donors (Lipinski definition) is 1. The molecule has 0 aromatic heterocycles. The molecular formula is C19H28N2O. The number of nitrogens with one attached hydrogen (secondary N) is 1. The van der Waals surface area contributed by atoms with Gasteiger partial charge in [-0.2, -0.15) is 0 Å². The van der Waals surface area contributed by atoms with Crippen LogP contribution in [-0.4, -0.2) is 37.0 Å². The molecule has 0 radical (unpaired) electrons. The topological polar surface area (TPSA) is 32.3 Å². The fourth-order valence-corrected chi connectivity index (χ4v) is 3.83. The molecule has 1 amide bonds. The molecule has 2 heterocycles. The Morgan fingerprint density at radius 2 is 1.64 bits per heavy atom. The van der Waals surface area contributed by atoms with E-state index in [1.165, 1.54) is 31.2 Å². The predicted molar refractivity (Wildman–Crippen MR) is 90.2 cm³/mol. The smallest absolute Gasteiger partial charge is 0.253 e. The molecule has 3 nitrogen and oxygen atoms in total. The Morgan fingerprint density at radius 1 is 1.05 bits per heavy atom. The molecule has 3 heteroatoms. The molecule has 0 saturated carbocycles. The second kappa shape index (κ2) is 6.41. The van der Waals surface area contributed by atoms with Gasteiger partial charge in [-0.15, -0.1) is 0 Å². The Bertz CT molecular complexity index is 505. The van der Waals surface area contributed by atoms with Crippen molar-refractivity contribution in [1.82, 2.24) is 10.2 Å². The van der Waals surface area contributed by atoms with Crippen molar-refractivity contribution in [2.24, 2.45) is 5.41 Å². The largest absolute Gasteiger partial charge is 0.339 e. The minimum absolute atomic E-state index is 0.207. The van der Waals surface area contributed by atoms with Crippen LogP contribution >= 0.6 is 0 Å². The van der Waals surface area contributed by atoms with E-state index in [4.69, 9.17) is 0 Å². The van der Waals surface area contributed by atoms with Gasteiger partial charge in [-0.1, -0.05) is 26.0 Å². The van der Waals surface area contributed by atoms with Gasteiger partial charge in [0.05, 0.1) is 0 Å². The molecule has 1 aromatic carbocycles. The molecule has 2 aliphatic heterocycles. The minimum Gasteiger partial charge on any atom is -0.339 e. The highest BCUT2D eigenvalue weighted by molar-refractivity contribution is 5.94. The zero-order valence-corrected chi connectivity index (χ0v) is 13.9. The lowest BCUT2D eigenvalue weighted by molar-refractivity contribution is 0.0495. The average Bonchev–Trinajstić information content (AvgIpc) is 2.56. The van der Waals surface area contributed by atoms with Crippen molar-refractivity contribution >= 4 is 5.91 Å². The SMILES string of the molecule is CC(C)c1ccc(C(=O)N2CCC3(CCNCC3)CC2)cc1. The van der Waals surface area contributed by atoms with Crippen LogP contribution < -0.4 is 5.32 Å². The molecule has 3 rings (SSSR count). The molecule has 0 bridgehead atoms. The summed E-state index contributed by atoms with van der Waals surface area (Å²) in [6.07, 6.45) is 4.89. The average molecular weight is 300 g/mol. The highest BCUT2D eigenvalue weighted by Crippen LogP contribution is 2.39. The van der Waals surface area contributed by atoms with E-state index >= 15 is 0 Å². The van der Waals surface area contributed by atoms with Gasteiger partial charge in [0.25, 0.3) is 5.91 Å². The summed E-state index contributed by atoms with van der Waals surface area (Å²) in [4.78, 5) is 14.7. The van der Waals surface area contributed by atoms with Gasteiger partial charge in [-0.05, 0) is 67.8 Å². The van der Waals surface area contributed by atoms with E-state index in [-0.39, 0.29) is 5.91 Å². The first-order valence-electron chi connectivity index (χ1n) is 8.70. The summed E-state index contributed by atoms with van der Waals surface area (Å²) >= 11 is 0. The predicted octanol–water partition coefficient (Wildman–Crippen LogP) is 3.42. The van der Waals surface area contributed by atoms with E-state index in [9.17, 15) is 4.79 Å². The van der Waals surface area contributed by atoms with Crippen molar-refractivity contribution in [2.75, 3.05) is 26.2 Å². The van der Waals surface area contributed by atoms with E-state index in [1.807, 2.05) is 12.1 Å². The summed E-state index contributed by atoms with van der Waals surface area (Å²) in [7, 11) is 0. The lowest BCUT2D eigenvalue weighted by atomic mass is 9.71. The Balaban J connectivity index is 1.61. The third-order valence-electron chi connectivity index (χ3n) is 5.60. The number of nitrogens with zero attached hydrogens (tertiary/aromatic N) is 1. The van der Waals surface area contributed by atoms with Crippen LogP contribution in [0.3, 0.4) is 0 Å². The fraction of sp³-hybridized carbons (Fsp3) is 0.632. The molecule has 2 saturated heterocycles. The van der Waals surface area contributed by atoms with Crippen LogP contribution in [0, 0.1) is 5.41 Å². The van der Waals surface area contributed by atoms with Gasteiger partial charge in [0.2, 0.25) is 0 Å². The number of carbonyl (C=O) groups is 1. The maximum Gasteiger partial charge on any atom is 0.253 e. The molecule has 0 aliphatic carbocycles. The zero-order chi connectivity index (χ0) is 15.6. The number of rotatable bonds is 2. The van der Waals surface area contributed by atoms with Crippen LogP contribution in [0.25, 0.3) is 0 Å². The molecular weight excluding hydrogens is 272 g/mol. The first-order valence-corrected chi connectivity index (χ1v) is 8.70. The van der Waals surface area contributed by atoms with Gasteiger partial charge in [0.15, 0.2) is 0 Å². The maximum absolute atomic E-state index is 12.7. The van der Waals surface area contributed by atoms with Crippen LogP contribution in [-0.2, 0) is 0 Å². The standard InChI is InChI=1S/C19H28N2O/c1-15(2)16-3-5-17(6-4-16)18(22)21-13-9-19(10-14-21)7-11-20-12-8-19/h3-6,15,20H,7-14H2,1-2H3. The van der Waals surface area contributed by atoms with Crippen LogP contribution in [0.1, 0.15) is 61.4 Å². The van der Waals surface area contributed by atoms with Gasteiger partial charge < -0.3 is 10.2 Å². The molecule has 0 atom stereocenters. The van der Waals surface area contributed by atoms with Crippen LogP contribution in [0.15, 0.2) is 24.3 Å². The number of amides is 1. The number of carbonyl (C=O) groups excluding carboxylic acids is 1. The van der Waals surface area contributed by atoms with Gasteiger partial charge in [0.1, 0.15) is 0 Å². The lowest BCUT2D eigenvalue weighted by Crippen LogP contribution is -2.47. The van der Waals surface area contributed by atoms with E-state index in [0.29, 0.717) is 11.3 Å². The highest BCUT2D eigenvalue weighted by atomic mass is 16.2. The van der Waals surface area contributed by atoms with Crippen molar-refractivity contribution in [3.8, 4) is 0 Å². The Morgan fingerprint density at radius 3 is 2.18 bits per heavy atom. The van der Waals surface area contributed by atoms with Crippen molar-refractivity contribution < 1.29 is 4.79 Å². The molecule has 22 heavy (non-hydrogen) atoms. The quantitative estimate of drug-likeness (QED) is 0.907. The summed E-state index contributed by atoms with van der Waals surface area (Å²) in [5.74, 6) is 0.720. The van der Waals surface area contributed by atoms with Crippen molar-refractivity contribution in [3.05, 3.63) is 35.4 Å². The lowest BCUT2D eigenvalue weighted by Gasteiger charge is -2.44. The van der Waals surface area contributed by atoms with Gasteiger partial charge in [-0.3, -0.25) is 4.79 Å². The first-order chi connectivity index (χ1) is 10.6. The summed E-state index contributed by atoms with van der Waals surface area (Å²) < 4.78 is 0. The second-order valence-corrected chi connectivity index (χ2v) is 7.32. The molecule has 1 spiro atoms. The van der Waals surface area contributed by atoms with E-state index in [0.717, 1.165) is 31.7 Å². The van der Waals surface area contributed by atoms with Gasteiger partial charge in [0, 0.05) is 18.7 Å². The number of benzene rings is 1. The van der Waals surface area contributed by atoms with Gasteiger partial charge >= 0.3 is 0 Å². The van der Waals surface area contributed by atoms with E-state index in [1.54, 1.807) is 0 Å². The molecule has 1 aromatic rings. The van der Waals surface area contributed by atoms with E-state index in [2.05, 4.69) is 36.2 Å². The zero-order valence-electron chi connectivity index (χ0n) is 13.9. The van der Waals surface area contributed by atoms with E-state index < -0.39 is 0 Å². The molecule has 120 valence electrons. The van der Waals surface area contributed by atoms with Crippen LogP contribution in [0.4, 0.5) is 0 Å². The Kier molecular flexibility index (Phi) is 4.53. The summed E-state index contributed by atoms with van der Waals surface area (Å²) in [6.45, 7) is 8.49. The van der Waals surface area contributed by atoms with Crippen LogP contribution in [0.2, 0.25) is 0 Å². The Labute approximate surface area is 134 Å². The van der Waals surface area contributed by atoms with Crippen molar-refractivity contribution in [3.63, 3.8) is 0 Å². The van der Waals surface area contributed by atoms with Gasteiger partial charge in [-0.25, -0.2) is 0 Å². The second-order valence-electron chi connectivity index (χ2n) is 7.32. The third kappa shape index (κ3) is 3.19. The maximum atomic E-state index is 12.7. The number of likely N-dealkylation sites (tertiary alicyclic amines) is 1. The first kappa shape index (κ1) is 15.5. The number of hydrogen-bond acceptors (Lipinski definition) is 2.